The number of benzene rings is 1. The third-order valence-electron chi connectivity index (χ3n) is 5.46. The van der Waals surface area contributed by atoms with Crippen molar-refractivity contribution in [3.63, 3.8) is 0 Å². The second-order valence-corrected chi connectivity index (χ2v) is 9.09. The van der Waals surface area contributed by atoms with Gasteiger partial charge in [0.1, 0.15) is 12.2 Å². The molecule has 0 N–H and O–H groups in total. The molecule has 0 aromatic heterocycles. The van der Waals surface area contributed by atoms with Crippen LogP contribution in [-0.4, -0.2) is 39.7 Å². The quantitative estimate of drug-likeness (QED) is 0.419. The van der Waals surface area contributed by atoms with Crippen LogP contribution in [0.3, 0.4) is 0 Å². The highest BCUT2D eigenvalue weighted by Gasteiger charge is 2.50. The van der Waals surface area contributed by atoms with Crippen molar-refractivity contribution < 1.29 is 31.6 Å². The zero-order chi connectivity index (χ0) is 19.7. The lowest BCUT2D eigenvalue weighted by molar-refractivity contribution is -0.150. The minimum Gasteiger partial charge on any atom is -0.427 e. The van der Waals surface area contributed by atoms with Crippen LogP contribution in [0.1, 0.15) is 31.2 Å². The van der Waals surface area contributed by atoms with Gasteiger partial charge in [0.15, 0.2) is 0 Å². The van der Waals surface area contributed by atoms with Crippen molar-refractivity contribution >= 4 is 16.3 Å². The Labute approximate surface area is 164 Å². The van der Waals surface area contributed by atoms with Gasteiger partial charge in [-0.2, -0.15) is 8.42 Å². The van der Waals surface area contributed by atoms with Crippen molar-refractivity contribution in [2.45, 2.75) is 56.0 Å². The predicted octanol–water partition coefficient (Wildman–Crippen LogP) is 3.32. The summed E-state index contributed by atoms with van der Waals surface area (Å²) in [4.78, 5) is 12.3. The molecule has 1 saturated heterocycles. The number of hydrogen-bond acceptors (Lipinski definition) is 7. The zero-order valence-electron chi connectivity index (χ0n) is 15.7. The van der Waals surface area contributed by atoms with E-state index in [1.54, 1.807) is 12.1 Å². The topological polar surface area (TPSA) is 88.1 Å². The van der Waals surface area contributed by atoms with Crippen LogP contribution in [0, 0.1) is 18.8 Å². The van der Waals surface area contributed by atoms with E-state index < -0.39 is 34.8 Å². The Balaban J connectivity index is 1.44. The molecular formula is C20H24O7S. The number of hydrogen-bond donors (Lipinski definition) is 0. The van der Waals surface area contributed by atoms with E-state index in [1.165, 1.54) is 12.1 Å². The van der Waals surface area contributed by atoms with E-state index in [-0.39, 0.29) is 16.7 Å². The summed E-state index contributed by atoms with van der Waals surface area (Å²) in [6.07, 6.45) is 4.14. The van der Waals surface area contributed by atoms with Gasteiger partial charge in [-0.15, -0.1) is 0 Å². The smallest absolute Gasteiger partial charge is 0.427 e. The van der Waals surface area contributed by atoms with E-state index in [4.69, 9.17) is 18.4 Å². The summed E-state index contributed by atoms with van der Waals surface area (Å²) in [5, 5.41) is 0. The van der Waals surface area contributed by atoms with Gasteiger partial charge < -0.3 is 14.2 Å². The SMILES string of the molecule is Cc1ccc(S(=O)(=O)OC2C3C=CC(C3)C2OC(=O)OC2CCCCO2)cc1. The fourth-order valence-electron chi connectivity index (χ4n) is 3.97. The van der Waals surface area contributed by atoms with Crippen molar-refractivity contribution in [2.75, 3.05) is 6.61 Å². The lowest BCUT2D eigenvalue weighted by Gasteiger charge is -2.28. The fourth-order valence-corrected chi connectivity index (χ4v) is 5.09. The highest BCUT2D eigenvalue weighted by Crippen LogP contribution is 2.44. The van der Waals surface area contributed by atoms with E-state index >= 15 is 0 Å². The molecule has 3 aliphatic rings. The van der Waals surface area contributed by atoms with Crippen LogP contribution in [-0.2, 0) is 28.5 Å². The number of aryl methyl sites for hydroxylation is 1. The number of carbonyl (C=O) groups is 1. The average molecular weight is 408 g/mol. The van der Waals surface area contributed by atoms with Crippen molar-refractivity contribution in [1.29, 1.82) is 0 Å². The van der Waals surface area contributed by atoms with Crippen LogP contribution in [0.5, 0.6) is 0 Å². The summed E-state index contributed by atoms with van der Waals surface area (Å²) in [5.41, 5.74) is 0.954. The first-order chi connectivity index (χ1) is 13.4. The van der Waals surface area contributed by atoms with Gasteiger partial charge in [0, 0.05) is 18.3 Å². The van der Waals surface area contributed by atoms with Gasteiger partial charge in [-0.1, -0.05) is 29.8 Å². The molecule has 28 heavy (non-hydrogen) atoms. The monoisotopic (exact) mass is 408 g/mol. The molecule has 1 aromatic rings. The molecule has 8 heteroatoms. The molecule has 2 fully saturated rings. The Hall–Kier alpha value is -1.90. The Morgan fingerprint density at radius 1 is 1.04 bits per heavy atom. The minimum atomic E-state index is -3.97. The van der Waals surface area contributed by atoms with E-state index in [0.29, 0.717) is 19.4 Å². The second kappa shape index (κ2) is 7.85. The molecule has 2 bridgehead atoms. The molecule has 1 saturated carbocycles. The standard InChI is InChI=1S/C20H24O7S/c1-13-5-9-16(10-6-13)28(22,23)27-19-15-8-7-14(12-15)18(19)26-20(21)25-17-4-2-3-11-24-17/h5-10,14-15,17-19H,2-4,11-12H2,1H3. The largest absolute Gasteiger partial charge is 0.510 e. The maximum Gasteiger partial charge on any atom is 0.510 e. The van der Waals surface area contributed by atoms with Crippen LogP contribution in [0.15, 0.2) is 41.3 Å². The first-order valence-corrected chi connectivity index (χ1v) is 11.0. The van der Waals surface area contributed by atoms with Gasteiger partial charge in [0.25, 0.3) is 10.1 Å². The van der Waals surface area contributed by atoms with Gasteiger partial charge in [0.05, 0.1) is 11.5 Å². The van der Waals surface area contributed by atoms with Crippen molar-refractivity contribution in [1.82, 2.24) is 0 Å². The summed E-state index contributed by atoms with van der Waals surface area (Å²) in [6.45, 7) is 2.43. The molecule has 1 aliphatic heterocycles. The Kier molecular flexibility index (Phi) is 5.44. The Bertz CT molecular complexity index is 840. The highest BCUT2D eigenvalue weighted by atomic mass is 32.2. The van der Waals surface area contributed by atoms with E-state index in [0.717, 1.165) is 18.4 Å². The highest BCUT2D eigenvalue weighted by molar-refractivity contribution is 7.86. The van der Waals surface area contributed by atoms with E-state index in [9.17, 15) is 13.2 Å². The summed E-state index contributed by atoms with van der Waals surface area (Å²) in [7, 11) is -3.97. The maximum absolute atomic E-state index is 12.7. The molecule has 4 rings (SSSR count). The van der Waals surface area contributed by atoms with Crippen LogP contribution in [0.25, 0.3) is 0 Å². The second-order valence-electron chi connectivity index (χ2n) is 7.52. The number of ether oxygens (including phenoxy) is 3. The van der Waals surface area contributed by atoms with Crippen LogP contribution in [0.4, 0.5) is 4.79 Å². The molecule has 5 unspecified atom stereocenters. The van der Waals surface area contributed by atoms with E-state index in [2.05, 4.69) is 0 Å². The molecular weight excluding hydrogens is 384 g/mol. The van der Waals surface area contributed by atoms with Crippen molar-refractivity contribution in [3.8, 4) is 0 Å². The van der Waals surface area contributed by atoms with Gasteiger partial charge in [-0.25, -0.2) is 4.79 Å². The first-order valence-electron chi connectivity index (χ1n) is 9.59. The summed E-state index contributed by atoms with van der Waals surface area (Å²) >= 11 is 0. The lowest BCUT2D eigenvalue weighted by atomic mass is 10.0. The maximum atomic E-state index is 12.7. The number of fused-ring (bicyclic) bond motifs is 2. The van der Waals surface area contributed by atoms with Gasteiger partial charge >= 0.3 is 6.16 Å². The van der Waals surface area contributed by atoms with Crippen molar-refractivity contribution in [2.24, 2.45) is 11.8 Å². The fraction of sp³-hybridized carbons (Fsp3) is 0.550. The first kappa shape index (κ1) is 19.4. The molecule has 0 spiro atoms. The van der Waals surface area contributed by atoms with Crippen LogP contribution < -0.4 is 0 Å². The van der Waals surface area contributed by atoms with Crippen molar-refractivity contribution in [3.05, 3.63) is 42.0 Å². The van der Waals surface area contributed by atoms with Gasteiger partial charge in [-0.05, 0) is 38.3 Å². The van der Waals surface area contributed by atoms with Crippen LogP contribution >= 0.6 is 0 Å². The summed E-state index contributed by atoms with van der Waals surface area (Å²) in [6, 6.07) is 6.45. The summed E-state index contributed by atoms with van der Waals surface area (Å²) < 4.78 is 47.0. The Morgan fingerprint density at radius 2 is 1.75 bits per heavy atom. The lowest BCUT2D eigenvalue weighted by Crippen LogP contribution is -2.39. The number of rotatable bonds is 5. The normalized spacial score (nSPS) is 31.7. The third kappa shape index (κ3) is 4.09. The third-order valence-corrected chi connectivity index (χ3v) is 6.79. The molecule has 7 nitrogen and oxygen atoms in total. The molecule has 0 amide bonds. The molecule has 0 radical (unpaired) electrons. The Morgan fingerprint density at radius 3 is 2.43 bits per heavy atom. The van der Waals surface area contributed by atoms with Gasteiger partial charge in [0.2, 0.25) is 6.29 Å². The molecule has 2 aliphatic carbocycles. The summed E-state index contributed by atoms with van der Waals surface area (Å²) in [5.74, 6) is -0.197. The average Bonchev–Trinajstić information content (AvgIpc) is 3.26. The zero-order valence-corrected chi connectivity index (χ0v) is 16.5. The predicted molar refractivity (Wildman–Crippen MR) is 98.9 cm³/mol. The minimum absolute atomic E-state index is 0.0805. The molecule has 5 atom stereocenters. The molecule has 152 valence electrons. The van der Waals surface area contributed by atoms with Gasteiger partial charge in [-0.3, -0.25) is 4.18 Å². The van der Waals surface area contributed by atoms with E-state index in [1.807, 2.05) is 19.1 Å². The molecule has 1 aromatic carbocycles. The number of carbonyl (C=O) groups excluding carboxylic acids is 1. The van der Waals surface area contributed by atoms with Crippen LogP contribution in [0.2, 0.25) is 0 Å². The molecule has 1 heterocycles.